The first-order valence-electron chi connectivity index (χ1n) is 3.99. The molecular formula is C10H11ClN2. The molecule has 68 valence electrons. The third-order valence-corrected chi connectivity index (χ3v) is 2.47. The van der Waals surface area contributed by atoms with E-state index in [1.165, 1.54) is 0 Å². The Morgan fingerprint density at radius 3 is 2.54 bits per heavy atom. The van der Waals surface area contributed by atoms with Crippen LogP contribution in [0.4, 0.5) is 0 Å². The summed E-state index contributed by atoms with van der Waals surface area (Å²) in [6.45, 7) is 1.80. The number of nitrogens with zero attached hydrogens (tertiary/aromatic N) is 1. The fourth-order valence-corrected chi connectivity index (χ4v) is 1.44. The molecule has 1 aromatic carbocycles. The van der Waals surface area contributed by atoms with E-state index in [0.717, 1.165) is 5.56 Å². The van der Waals surface area contributed by atoms with Gasteiger partial charge >= 0.3 is 0 Å². The topological polar surface area (TPSA) is 35.8 Å². The van der Waals surface area contributed by atoms with Crippen LogP contribution >= 0.6 is 11.6 Å². The minimum Gasteiger partial charge on any atom is -0.299 e. The van der Waals surface area contributed by atoms with Gasteiger partial charge in [-0.25, -0.2) is 0 Å². The first-order chi connectivity index (χ1) is 6.14. The summed E-state index contributed by atoms with van der Waals surface area (Å²) in [5.41, 5.74) is 0.0971. The van der Waals surface area contributed by atoms with Crippen molar-refractivity contribution in [3.8, 4) is 6.07 Å². The molecule has 0 aliphatic heterocycles. The van der Waals surface area contributed by atoms with E-state index >= 15 is 0 Å². The van der Waals surface area contributed by atoms with Crippen molar-refractivity contribution in [3.05, 3.63) is 34.9 Å². The van der Waals surface area contributed by atoms with Crippen molar-refractivity contribution in [3.63, 3.8) is 0 Å². The lowest BCUT2D eigenvalue weighted by molar-refractivity contribution is 0.518. The number of hydrogen-bond donors (Lipinski definition) is 1. The molecule has 0 fully saturated rings. The lowest BCUT2D eigenvalue weighted by Gasteiger charge is -2.22. The number of halogens is 1. The van der Waals surface area contributed by atoms with Gasteiger partial charge in [-0.2, -0.15) is 5.26 Å². The summed E-state index contributed by atoms with van der Waals surface area (Å²) in [6, 6.07) is 9.54. The summed E-state index contributed by atoms with van der Waals surface area (Å²) in [7, 11) is 1.74. The van der Waals surface area contributed by atoms with E-state index in [1.807, 2.05) is 18.2 Å². The van der Waals surface area contributed by atoms with Crippen LogP contribution in [0.2, 0.25) is 5.02 Å². The third kappa shape index (κ3) is 1.82. The van der Waals surface area contributed by atoms with Crippen molar-refractivity contribution in [1.82, 2.24) is 5.32 Å². The fourth-order valence-electron chi connectivity index (χ4n) is 1.12. The van der Waals surface area contributed by atoms with E-state index in [4.69, 9.17) is 16.9 Å². The Morgan fingerprint density at radius 1 is 1.46 bits per heavy atom. The predicted octanol–water partition coefficient (Wildman–Crippen LogP) is 2.30. The first kappa shape index (κ1) is 10.0. The molecule has 1 rings (SSSR count). The quantitative estimate of drug-likeness (QED) is 0.784. The van der Waals surface area contributed by atoms with Gasteiger partial charge < -0.3 is 0 Å². The van der Waals surface area contributed by atoms with Crippen LogP contribution in [0.25, 0.3) is 0 Å². The van der Waals surface area contributed by atoms with Gasteiger partial charge in [0, 0.05) is 10.6 Å². The van der Waals surface area contributed by atoms with Gasteiger partial charge in [-0.05, 0) is 20.0 Å². The molecule has 2 nitrogen and oxygen atoms in total. The SMILES string of the molecule is CNC(C)(C#N)c1ccccc1Cl. The smallest absolute Gasteiger partial charge is 0.130 e. The van der Waals surface area contributed by atoms with Crippen LogP contribution in [0.5, 0.6) is 0 Å². The van der Waals surface area contributed by atoms with Gasteiger partial charge in [-0.1, -0.05) is 29.8 Å². The molecule has 0 saturated carbocycles. The van der Waals surface area contributed by atoms with Crippen molar-refractivity contribution in [2.24, 2.45) is 0 Å². The summed E-state index contributed by atoms with van der Waals surface area (Å²) < 4.78 is 0. The van der Waals surface area contributed by atoms with E-state index < -0.39 is 5.54 Å². The minimum absolute atomic E-state index is 0.612. The Hall–Kier alpha value is -1.04. The zero-order chi connectivity index (χ0) is 9.90. The molecular weight excluding hydrogens is 184 g/mol. The van der Waals surface area contributed by atoms with Crippen molar-refractivity contribution in [1.29, 1.82) is 5.26 Å². The van der Waals surface area contributed by atoms with Crippen LogP contribution in [0.15, 0.2) is 24.3 Å². The number of benzene rings is 1. The molecule has 0 bridgehead atoms. The minimum atomic E-state index is -0.710. The molecule has 1 N–H and O–H groups in total. The van der Waals surface area contributed by atoms with Crippen LogP contribution in [-0.4, -0.2) is 7.05 Å². The highest BCUT2D eigenvalue weighted by Crippen LogP contribution is 2.26. The lowest BCUT2D eigenvalue weighted by Crippen LogP contribution is -2.35. The Bertz CT molecular complexity index is 343. The molecule has 3 heteroatoms. The van der Waals surface area contributed by atoms with Gasteiger partial charge in [-0.3, -0.25) is 5.32 Å². The molecule has 0 aliphatic carbocycles. The van der Waals surface area contributed by atoms with Crippen LogP contribution in [0.1, 0.15) is 12.5 Å². The number of rotatable bonds is 2. The number of hydrogen-bond acceptors (Lipinski definition) is 2. The molecule has 0 amide bonds. The summed E-state index contributed by atoms with van der Waals surface area (Å²) in [6.07, 6.45) is 0. The van der Waals surface area contributed by atoms with Gasteiger partial charge in [0.15, 0.2) is 0 Å². The highest BCUT2D eigenvalue weighted by atomic mass is 35.5. The molecule has 0 aliphatic rings. The molecule has 1 unspecified atom stereocenters. The highest BCUT2D eigenvalue weighted by molar-refractivity contribution is 6.31. The fraction of sp³-hybridized carbons (Fsp3) is 0.300. The standard InChI is InChI=1S/C10H11ClN2/c1-10(7-12,13-2)8-5-3-4-6-9(8)11/h3-6,13H,1-2H3. The average molecular weight is 195 g/mol. The summed E-state index contributed by atoms with van der Waals surface area (Å²) >= 11 is 5.98. The largest absolute Gasteiger partial charge is 0.299 e. The Labute approximate surface area is 83.1 Å². The maximum atomic E-state index is 8.99. The number of nitrogens with one attached hydrogen (secondary N) is 1. The summed E-state index contributed by atoms with van der Waals surface area (Å²) in [5.74, 6) is 0. The summed E-state index contributed by atoms with van der Waals surface area (Å²) in [4.78, 5) is 0. The second kappa shape index (κ2) is 3.78. The van der Waals surface area contributed by atoms with Crippen LogP contribution < -0.4 is 5.32 Å². The van der Waals surface area contributed by atoms with Gasteiger partial charge in [0.1, 0.15) is 5.54 Å². The van der Waals surface area contributed by atoms with Crippen LogP contribution in [0, 0.1) is 11.3 Å². The normalized spacial score (nSPS) is 14.6. The monoisotopic (exact) mass is 194 g/mol. The van der Waals surface area contributed by atoms with Crippen molar-refractivity contribution in [2.45, 2.75) is 12.5 Å². The lowest BCUT2D eigenvalue weighted by atomic mass is 9.94. The van der Waals surface area contributed by atoms with Crippen LogP contribution in [-0.2, 0) is 5.54 Å². The maximum absolute atomic E-state index is 8.99. The maximum Gasteiger partial charge on any atom is 0.130 e. The third-order valence-electron chi connectivity index (χ3n) is 2.14. The molecule has 1 aromatic rings. The molecule has 13 heavy (non-hydrogen) atoms. The molecule has 0 heterocycles. The molecule has 1 atom stereocenters. The van der Waals surface area contributed by atoms with E-state index in [2.05, 4.69) is 11.4 Å². The summed E-state index contributed by atoms with van der Waals surface area (Å²) in [5, 5.41) is 12.5. The Balaban J connectivity index is 3.22. The van der Waals surface area contributed by atoms with E-state index in [0.29, 0.717) is 5.02 Å². The van der Waals surface area contributed by atoms with E-state index in [1.54, 1.807) is 20.0 Å². The van der Waals surface area contributed by atoms with Gasteiger partial charge in [-0.15, -0.1) is 0 Å². The Kier molecular flexibility index (Phi) is 2.92. The predicted molar refractivity (Wildman–Crippen MR) is 53.5 cm³/mol. The van der Waals surface area contributed by atoms with Crippen LogP contribution in [0.3, 0.4) is 0 Å². The second-order valence-electron chi connectivity index (χ2n) is 2.97. The molecule has 0 spiro atoms. The van der Waals surface area contributed by atoms with Gasteiger partial charge in [0.25, 0.3) is 0 Å². The second-order valence-corrected chi connectivity index (χ2v) is 3.37. The molecule has 0 aromatic heterocycles. The molecule has 0 radical (unpaired) electrons. The molecule has 0 saturated heterocycles. The van der Waals surface area contributed by atoms with Crippen molar-refractivity contribution < 1.29 is 0 Å². The van der Waals surface area contributed by atoms with E-state index in [-0.39, 0.29) is 0 Å². The van der Waals surface area contributed by atoms with E-state index in [9.17, 15) is 0 Å². The van der Waals surface area contributed by atoms with Gasteiger partial charge in [0.2, 0.25) is 0 Å². The van der Waals surface area contributed by atoms with Crippen molar-refractivity contribution in [2.75, 3.05) is 7.05 Å². The first-order valence-corrected chi connectivity index (χ1v) is 4.37. The average Bonchev–Trinajstić information content (AvgIpc) is 2.17. The zero-order valence-electron chi connectivity index (χ0n) is 7.63. The number of nitriles is 1. The van der Waals surface area contributed by atoms with Gasteiger partial charge in [0.05, 0.1) is 6.07 Å². The van der Waals surface area contributed by atoms with Crippen molar-refractivity contribution >= 4 is 11.6 Å². The highest BCUT2D eigenvalue weighted by Gasteiger charge is 2.25. The zero-order valence-corrected chi connectivity index (χ0v) is 8.39. The Morgan fingerprint density at radius 2 is 2.08 bits per heavy atom.